The van der Waals surface area contributed by atoms with Gasteiger partial charge in [-0.1, -0.05) is 75.5 Å². The highest BCUT2D eigenvalue weighted by atomic mass is 79.9. The van der Waals surface area contributed by atoms with Crippen molar-refractivity contribution >= 4 is 67.4 Å². The van der Waals surface area contributed by atoms with E-state index in [2.05, 4.69) is 68.8 Å². The second-order valence-corrected chi connectivity index (χ2v) is 11.7. The topological polar surface area (TPSA) is 28.5 Å². The van der Waals surface area contributed by atoms with E-state index in [9.17, 15) is 0 Å². The van der Waals surface area contributed by atoms with Crippen LogP contribution in [0.2, 0.25) is 10.0 Å². The Balaban J connectivity index is 1.41. The number of rotatable bonds is 4. The van der Waals surface area contributed by atoms with Gasteiger partial charge in [0.15, 0.2) is 0 Å². The summed E-state index contributed by atoms with van der Waals surface area (Å²) < 4.78 is 1.06. The average molecular weight is 595 g/mol. The van der Waals surface area contributed by atoms with Crippen LogP contribution in [0.25, 0.3) is 17.3 Å². The standard InChI is InChI=1S/C29H22BrCl2N3S/c30-22-10-6-19(7-11-22)26-17-36-29(33-26)35-28(20-8-14-24(32)15-9-20)25-3-1-2-21(27(25)34-35)16-18-4-12-23(31)13-5-18/h4-17,25,28H,1-3H2/b21-16+/t25-,28+/m1/s1. The molecule has 180 valence electrons. The molecular weight excluding hydrogens is 573 g/mol. The normalized spacial score (nSPS) is 20.5. The summed E-state index contributed by atoms with van der Waals surface area (Å²) in [5.74, 6) is 0.290. The van der Waals surface area contributed by atoms with Crippen LogP contribution in [0.15, 0.2) is 93.3 Å². The molecule has 1 fully saturated rings. The SMILES string of the molecule is Clc1ccc(/C=C2\CCC[C@@H]3C2=NN(c2nc(-c4ccc(Br)cc4)cs2)[C@H]3c2ccc(Cl)cc2)cc1. The van der Waals surface area contributed by atoms with E-state index in [-0.39, 0.29) is 6.04 Å². The molecule has 2 atom stereocenters. The lowest BCUT2D eigenvalue weighted by Crippen LogP contribution is -2.28. The molecule has 1 saturated carbocycles. The van der Waals surface area contributed by atoms with Crippen molar-refractivity contribution in [1.82, 2.24) is 4.98 Å². The van der Waals surface area contributed by atoms with Crippen molar-refractivity contribution in [3.05, 3.63) is 109 Å². The molecule has 1 aromatic heterocycles. The first-order valence-electron chi connectivity index (χ1n) is 11.9. The predicted molar refractivity (Wildman–Crippen MR) is 156 cm³/mol. The van der Waals surface area contributed by atoms with Crippen LogP contribution < -0.4 is 5.01 Å². The fourth-order valence-corrected chi connectivity index (χ4v) is 6.37. The predicted octanol–water partition coefficient (Wildman–Crippen LogP) is 9.68. The molecule has 0 saturated heterocycles. The van der Waals surface area contributed by atoms with Crippen LogP contribution in [0.5, 0.6) is 0 Å². The van der Waals surface area contributed by atoms with Crippen molar-refractivity contribution < 1.29 is 0 Å². The first-order valence-corrected chi connectivity index (χ1v) is 14.3. The number of fused-ring (bicyclic) bond motifs is 1. The van der Waals surface area contributed by atoms with Gasteiger partial charge in [0.2, 0.25) is 5.13 Å². The molecule has 3 aromatic carbocycles. The Morgan fingerprint density at radius 2 is 1.61 bits per heavy atom. The maximum atomic E-state index is 6.24. The Morgan fingerprint density at radius 3 is 2.33 bits per heavy atom. The maximum absolute atomic E-state index is 6.24. The highest BCUT2D eigenvalue weighted by Crippen LogP contribution is 2.47. The molecule has 0 N–H and O–H groups in total. The quantitative estimate of drug-likeness (QED) is 0.235. The Labute approximate surface area is 233 Å². The molecule has 0 radical (unpaired) electrons. The van der Waals surface area contributed by atoms with E-state index < -0.39 is 0 Å². The van der Waals surface area contributed by atoms with Crippen molar-refractivity contribution in [3.8, 4) is 11.3 Å². The summed E-state index contributed by atoms with van der Waals surface area (Å²) in [4.78, 5) is 5.02. The zero-order chi connectivity index (χ0) is 24.6. The summed E-state index contributed by atoms with van der Waals surface area (Å²) in [5.41, 5.74) is 6.86. The van der Waals surface area contributed by atoms with Gasteiger partial charge >= 0.3 is 0 Å². The number of halogens is 3. The van der Waals surface area contributed by atoms with Gasteiger partial charge in [0.05, 0.1) is 17.4 Å². The largest absolute Gasteiger partial charge is 0.231 e. The zero-order valence-corrected chi connectivity index (χ0v) is 23.2. The van der Waals surface area contributed by atoms with Crippen LogP contribution in [0.3, 0.4) is 0 Å². The van der Waals surface area contributed by atoms with Gasteiger partial charge in [0.25, 0.3) is 0 Å². The minimum Gasteiger partial charge on any atom is -0.231 e. The molecule has 0 amide bonds. The highest BCUT2D eigenvalue weighted by molar-refractivity contribution is 9.10. The molecule has 0 unspecified atom stereocenters. The summed E-state index contributed by atoms with van der Waals surface area (Å²) in [6.07, 6.45) is 5.49. The molecule has 7 heteroatoms. The molecule has 0 bridgehead atoms. The number of anilines is 1. The number of allylic oxidation sites excluding steroid dienone is 1. The van der Waals surface area contributed by atoms with E-state index in [4.69, 9.17) is 33.3 Å². The summed E-state index contributed by atoms with van der Waals surface area (Å²) in [6.45, 7) is 0. The lowest BCUT2D eigenvalue weighted by atomic mass is 9.77. The van der Waals surface area contributed by atoms with E-state index in [1.54, 1.807) is 11.3 Å². The van der Waals surface area contributed by atoms with Crippen LogP contribution in [-0.4, -0.2) is 10.7 Å². The second-order valence-electron chi connectivity index (χ2n) is 9.07. The molecule has 4 aromatic rings. The van der Waals surface area contributed by atoms with Crippen LogP contribution >= 0.6 is 50.5 Å². The number of thiazole rings is 1. The zero-order valence-electron chi connectivity index (χ0n) is 19.2. The average Bonchev–Trinajstić information content (AvgIpc) is 3.52. The van der Waals surface area contributed by atoms with Crippen molar-refractivity contribution in [3.63, 3.8) is 0 Å². The van der Waals surface area contributed by atoms with E-state index in [0.717, 1.165) is 61.4 Å². The number of hydrogen-bond acceptors (Lipinski definition) is 4. The van der Waals surface area contributed by atoms with Crippen molar-refractivity contribution in [2.45, 2.75) is 25.3 Å². The van der Waals surface area contributed by atoms with E-state index in [0.29, 0.717) is 5.92 Å². The maximum Gasteiger partial charge on any atom is 0.207 e. The van der Waals surface area contributed by atoms with Crippen molar-refractivity contribution in [1.29, 1.82) is 0 Å². The lowest BCUT2D eigenvalue weighted by Gasteiger charge is -2.29. The monoisotopic (exact) mass is 593 g/mol. The molecule has 2 heterocycles. The first kappa shape index (κ1) is 23.9. The fourth-order valence-electron chi connectivity index (χ4n) is 5.03. The highest BCUT2D eigenvalue weighted by Gasteiger charge is 2.42. The van der Waals surface area contributed by atoms with Crippen molar-refractivity contribution in [2.24, 2.45) is 11.0 Å². The summed E-state index contributed by atoms with van der Waals surface area (Å²) in [7, 11) is 0. The van der Waals surface area contributed by atoms with Crippen LogP contribution in [0.1, 0.15) is 36.4 Å². The van der Waals surface area contributed by atoms with E-state index in [1.807, 2.05) is 36.4 Å². The third-order valence-electron chi connectivity index (χ3n) is 6.75. The van der Waals surface area contributed by atoms with Crippen LogP contribution in [-0.2, 0) is 0 Å². The van der Waals surface area contributed by atoms with Gasteiger partial charge in [-0.25, -0.2) is 9.99 Å². The van der Waals surface area contributed by atoms with E-state index >= 15 is 0 Å². The minimum atomic E-state index is 0.0788. The molecule has 6 rings (SSSR count). The number of benzene rings is 3. The van der Waals surface area contributed by atoms with Gasteiger partial charge in [0, 0.05) is 31.4 Å². The Bertz CT molecular complexity index is 1440. The van der Waals surface area contributed by atoms with Gasteiger partial charge in [-0.3, -0.25) is 0 Å². The number of hydrogen-bond donors (Lipinski definition) is 0. The van der Waals surface area contributed by atoms with Crippen LogP contribution in [0.4, 0.5) is 5.13 Å². The summed E-state index contributed by atoms with van der Waals surface area (Å²) in [6, 6.07) is 24.5. The van der Waals surface area contributed by atoms with Crippen molar-refractivity contribution in [2.75, 3.05) is 5.01 Å². The second kappa shape index (κ2) is 10.1. The smallest absolute Gasteiger partial charge is 0.207 e. The third kappa shape index (κ3) is 4.78. The van der Waals surface area contributed by atoms with E-state index in [1.165, 1.54) is 11.1 Å². The Morgan fingerprint density at radius 1 is 0.917 bits per heavy atom. The van der Waals surface area contributed by atoms with Gasteiger partial charge in [-0.05, 0) is 78.4 Å². The van der Waals surface area contributed by atoms with Gasteiger partial charge in [-0.2, -0.15) is 5.10 Å². The van der Waals surface area contributed by atoms with Crippen LogP contribution in [0, 0.1) is 5.92 Å². The number of aromatic nitrogens is 1. The molecule has 1 aliphatic heterocycles. The van der Waals surface area contributed by atoms with Gasteiger partial charge in [-0.15, -0.1) is 11.3 Å². The Kier molecular flexibility index (Phi) is 6.74. The Hall–Kier alpha value is -2.44. The summed E-state index contributed by atoms with van der Waals surface area (Å²) in [5, 5.41) is 11.9. The fraction of sp³-hybridized carbons (Fsp3) is 0.172. The lowest BCUT2D eigenvalue weighted by molar-refractivity contribution is 0.487. The van der Waals surface area contributed by atoms with Gasteiger partial charge < -0.3 is 0 Å². The summed E-state index contributed by atoms with van der Waals surface area (Å²) >= 11 is 17.5. The molecule has 3 nitrogen and oxygen atoms in total. The molecule has 2 aliphatic rings. The molecule has 0 spiro atoms. The number of hydrazone groups is 1. The molecule has 1 aliphatic carbocycles. The molecule has 36 heavy (non-hydrogen) atoms. The molecular formula is C29H22BrCl2N3S. The third-order valence-corrected chi connectivity index (χ3v) is 8.61. The first-order chi connectivity index (χ1) is 17.5. The number of nitrogens with zero attached hydrogens (tertiary/aromatic N) is 3. The minimum absolute atomic E-state index is 0.0788. The van der Waals surface area contributed by atoms with Gasteiger partial charge in [0.1, 0.15) is 0 Å².